The van der Waals surface area contributed by atoms with Crippen LogP contribution in [-0.2, 0) is 10.1 Å². The van der Waals surface area contributed by atoms with Gasteiger partial charge in [-0.2, -0.15) is 8.42 Å². The zero-order chi connectivity index (χ0) is 27.0. The summed E-state index contributed by atoms with van der Waals surface area (Å²) in [6.07, 6.45) is 0.154. The number of ether oxygens (including phenoxy) is 1. The quantitative estimate of drug-likeness (QED) is 0.202. The van der Waals surface area contributed by atoms with Gasteiger partial charge in [-0.1, -0.05) is 43.3 Å². The van der Waals surface area contributed by atoms with Gasteiger partial charge >= 0.3 is 10.1 Å². The second kappa shape index (κ2) is 13.0. The molecule has 3 rings (SSSR count). The Morgan fingerprint density at radius 3 is 1.30 bits per heavy atom. The first-order chi connectivity index (χ1) is 17.7. The zero-order valence-electron chi connectivity index (χ0n) is 22.6. The van der Waals surface area contributed by atoms with Crippen molar-refractivity contribution in [3.8, 4) is 5.75 Å². The van der Waals surface area contributed by atoms with Gasteiger partial charge in [0.25, 0.3) is 0 Å². The van der Waals surface area contributed by atoms with Crippen molar-refractivity contribution in [3.05, 3.63) is 89.5 Å². The van der Waals surface area contributed by atoms with Gasteiger partial charge in [0.15, 0.2) is 0 Å². The second-order valence-electron chi connectivity index (χ2n) is 9.00. The van der Waals surface area contributed by atoms with E-state index in [2.05, 4.69) is 86.0 Å². The average Bonchev–Trinajstić information content (AvgIpc) is 2.90. The molecular formula is C30H40N2O4S. The summed E-state index contributed by atoms with van der Waals surface area (Å²) in [5, 5.41) is 0. The fraction of sp³-hybridized carbons (Fsp3) is 0.400. The fourth-order valence-electron chi connectivity index (χ4n) is 4.76. The van der Waals surface area contributed by atoms with Crippen LogP contribution < -0.4 is 14.5 Å². The second-order valence-corrected chi connectivity index (χ2v) is 10.6. The van der Waals surface area contributed by atoms with E-state index in [-0.39, 0.29) is 12.3 Å². The minimum absolute atomic E-state index is 0.00546. The van der Waals surface area contributed by atoms with Crippen LogP contribution in [-0.4, -0.2) is 44.6 Å². The van der Waals surface area contributed by atoms with Crippen molar-refractivity contribution in [2.45, 2.75) is 52.4 Å². The molecule has 0 spiro atoms. The molecule has 0 bridgehead atoms. The first-order valence-electron chi connectivity index (χ1n) is 13.2. The van der Waals surface area contributed by atoms with Crippen LogP contribution in [0.2, 0.25) is 0 Å². The largest absolute Gasteiger partial charge is 0.472 e. The maximum absolute atomic E-state index is 11.6. The Kier molecular flexibility index (Phi) is 10.0. The smallest absolute Gasteiger partial charge is 0.303 e. The highest BCUT2D eigenvalue weighted by molar-refractivity contribution is 7.86. The van der Waals surface area contributed by atoms with E-state index in [0.29, 0.717) is 5.75 Å². The van der Waals surface area contributed by atoms with Crippen LogP contribution in [0.25, 0.3) is 0 Å². The van der Waals surface area contributed by atoms with Gasteiger partial charge in [0, 0.05) is 43.5 Å². The van der Waals surface area contributed by atoms with Crippen LogP contribution in [0.4, 0.5) is 11.4 Å². The van der Waals surface area contributed by atoms with Crippen molar-refractivity contribution in [2.75, 3.05) is 36.0 Å². The summed E-state index contributed by atoms with van der Waals surface area (Å²) in [6.45, 7) is 14.1. The number of anilines is 2. The molecule has 0 aliphatic heterocycles. The molecule has 6 nitrogen and oxygen atoms in total. The third-order valence-corrected chi connectivity index (χ3v) is 7.95. The molecule has 3 aromatic carbocycles. The first-order valence-corrected chi connectivity index (χ1v) is 14.7. The average molecular weight is 525 g/mol. The minimum atomic E-state index is -4.29. The zero-order valence-corrected chi connectivity index (χ0v) is 23.4. The lowest BCUT2D eigenvalue weighted by atomic mass is 9.85. The van der Waals surface area contributed by atoms with Gasteiger partial charge in [0.05, 0.1) is 0 Å². The van der Waals surface area contributed by atoms with E-state index in [4.69, 9.17) is 4.74 Å². The van der Waals surface area contributed by atoms with E-state index >= 15 is 0 Å². The number of nitrogens with zero attached hydrogens (tertiary/aromatic N) is 2. The third kappa shape index (κ3) is 7.05. The van der Waals surface area contributed by atoms with E-state index in [1.54, 1.807) is 19.1 Å². The Balaban J connectivity index is 1.99. The van der Waals surface area contributed by atoms with Gasteiger partial charge in [-0.05, 0) is 87.2 Å². The Morgan fingerprint density at radius 2 is 1.00 bits per heavy atom. The van der Waals surface area contributed by atoms with E-state index < -0.39 is 15.6 Å². The van der Waals surface area contributed by atoms with Crippen LogP contribution in [0, 0.1) is 0 Å². The fourth-order valence-corrected chi connectivity index (χ4v) is 5.41. The third-order valence-electron chi connectivity index (χ3n) is 6.86. The molecule has 0 heterocycles. The van der Waals surface area contributed by atoms with E-state index in [1.807, 2.05) is 12.1 Å². The van der Waals surface area contributed by atoms with Crippen molar-refractivity contribution < 1.29 is 17.7 Å². The summed E-state index contributed by atoms with van der Waals surface area (Å²) in [6, 6.07) is 24.9. The van der Waals surface area contributed by atoms with Gasteiger partial charge in [0.1, 0.15) is 5.75 Å². The Morgan fingerprint density at radius 1 is 0.649 bits per heavy atom. The molecule has 1 unspecified atom stereocenters. The van der Waals surface area contributed by atoms with Crippen LogP contribution in [0.5, 0.6) is 5.75 Å². The van der Waals surface area contributed by atoms with Gasteiger partial charge in [0.2, 0.25) is 5.44 Å². The highest BCUT2D eigenvalue weighted by Gasteiger charge is 2.23. The molecule has 0 aliphatic rings. The standard InChI is InChI=1S/C30H40N2O4S/c1-6-29(37(33,34)35)36-28-21-15-25(16-22-28)30(23-11-17-26(18-12-23)31(7-2)8-3)24-13-19-27(20-14-24)32(9-4)10-5/h11-22,29-30H,6-10H2,1-5H3,(H,33,34,35). The molecule has 200 valence electrons. The molecule has 3 aromatic rings. The molecule has 0 radical (unpaired) electrons. The van der Waals surface area contributed by atoms with Gasteiger partial charge < -0.3 is 14.5 Å². The monoisotopic (exact) mass is 524 g/mol. The molecule has 0 amide bonds. The normalized spacial score (nSPS) is 12.4. The molecule has 7 heteroatoms. The summed E-state index contributed by atoms with van der Waals surface area (Å²) < 4.78 is 38.1. The molecule has 0 aliphatic carbocycles. The van der Waals surface area contributed by atoms with Gasteiger partial charge in [-0.15, -0.1) is 0 Å². The summed E-state index contributed by atoms with van der Waals surface area (Å²) in [4.78, 5) is 4.65. The number of hydrogen-bond acceptors (Lipinski definition) is 5. The number of hydrogen-bond donors (Lipinski definition) is 1. The van der Waals surface area contributed by atoms with E-state index in [1.165, 1.54) is 22.5 Å². The molecule has 37 heavy (non-hydrogen) atoms. The van der Waals surface area contributed by atoms with Crippen molar-refractivity contribution >= 4 is 21.5 Å². The maximum atomic E-state index is 11.6. The molecule has 0 aromatic heterocycles. The molecular weight excluding hydrogens is 484 g/mol. The number of rotatable bonds is 13. The summed E-state index contributed by atoms with van der Waals surface area (Å²) in [5.41, 5.74) is 4.52. The lowest BCUT2D eigenvalue weighted by Crippen LogP contribution is -2.26. The Bertz CT molecular complexity index is 1150. The van der Waals surface area contributed by atoms with Crippen LogP contribution in [0.15, 0.2) is 72.8 Å². The van der Waals surface area contributed by atoms with Crippen LogP contribution in [0.1, 0.15) is 63.6 Å². The molecule has 1 atom stereocenters. The van der Waals surface area contributed by atoms with E-state index in [9.17, 15) is 13.0 Å². The highest BCUT2D eigenvalue weighted by atomic mass is 32.2. The van der Waals surface area contributed by atoms with Crippen molar-refractivity contribution in [1.82, 2.24) is 0 Å². The lowest BCUT2D eigenvalue weighted by Gasteiger charge is -2.25. The lowest BCUT2D eigenvalue weighted by molar-refractivity contribution is 0.252. The van der Waals surface area contributed by atoms with E-state index in [0.717, 1.165) is 31.7 Å². The topological polar surface area (TPSA) is 70.1 Å². The Labute approximate surface area is 222 Å². The van der Waals surface area contributed by atoms with Crippen LogP contribution in [0.3, 0.4) is 0 Å². The predicted molar refractivity (Wildman–Crippen MR) is 154 cm³/mol. The molecule has 1 N–H and O–H groups in total. The van der Waals surface area contributed by atoms with Gasteiger partial charge in [-0.3, -0.25) is 4.55 Å². The SMILES string of the molecule is CCC(Oc1ccc(C(c2ccc(N(CC)CC)cc2)c2ccc(N(CC)CC)cc2)cc1)S(=O)(=O)O. The Hall–Kier alpha value is -3.03. The van der Waals surface area contributed by atoms with Crippen LogP contribution >= 0.6 is 0 Å². The number of benzene rings is 3. The summed E-state index contributed by atoms with van der Waals surface area (Å²) in [5.74, 6) is 0.398. The summed E-state index contributed by atoms with van der Waals surface area (Å²) >= 11 is 0. The highest BCUT2D eigenvalue weighted by Crippen LogP contribution is 2.35. The molecule has 0 saturated carbocycles. The first kappa shape index (κ1) is 28.5. The van der Waals surface area contributed by atoms with Crippen molar-refractivity contribution in [3.63, 3.8) is 0 Å². The van der Waals surface area contributed by atoms with Crippen molar-refractivity contribution in [2.24, 2.45) is 0 Å². The minimum Gasteiger partial charge on any atom is -0.472 e. The maximum Gasteiger partial charge on any atom is 0.303 e. The predicted octanol–water partition coefficient (Wildman–Crippen LogP) is 6.56. The summed E-state index contributed by atoms with van der Waals surface area (Å²) in [7, 11) is -4.29. The van der Waals surface area contributed by atoms with Crippen molar-refractivity contribution in [1.29, 1.82) is 0 Å². The molecule has 0 fully saturated rings. The molecule has 0 saturated heterocycles. The van der Waals surface area contributed by atoms with Gasteiger partial charge in [-0.25, -0.2) is 0 Å².